The van der Waals surface area contributed by atoms with E-state index < -0.39 is 18.1 Å². The van der Waals surface area contributed by atoms with Crippen LogP contribution in [0.4, 0.5) is 5.69 Å². The molecule has 1 aromatic rings. The molecular formula is C16H22N2O3. The number of carbonyl (C=O) groups is 2. The van der Waals surface area contributed by atoms with Gasteiger partial charge in [0, 0.05) is 11.6 Å². The summed E-state index contributed by atoms with van der Waals surface area (Å²) in [6.07, 6.45) is 1.65. The van der Waals surface area contributed by atoms with E-state index in [1.165, 1.54) is 6.92 Å². The van der Waals surface area contributed by atoms with Gasteiger partial charge in [-0.1, -0.05) is 19.1 Å². The number of nitrogens with one attached hydrogen (secondary N) is 2. The third-order valence-corrected chi connectivity index (χ3v) is 3.61. The molecule has 2 unspecified atom stereocenters. The zero-order valence-corrected chi connectivity index (χ0v) is 12.4. The molecular weight excluding hydrogens is 268 g/mol. The summed E-state index contributed by atoms with van der Waals surface area (Å²) in [5.74, 6) is -0.548. The second-order valence-corrected chi connectivity index (χ2v) is 5.54. The van der Waals surface area contributed by atoms with Crippen LogP contribution >= 0.6 is 0 Å². The Morgan fingerprint density at radius 2 is 2.10 bits per heavy atom. The van der Waals surface area contributed by atoms with Gasteiger partial charge in [0.05, 0.1) is 6.10 Å². The predicted octanol–water partition coefficient (Wildman–Crippen LogP) is 1.46. The maximum atomic E-state index is 12.2. The summed E-state index contributed by atoms with van der Waals surface area (Å²) in [7, 11) is 0. The van der Waals surface area contributed by atoms with Gasteiger partial charge < -0.3 is 15.7 Å². The Kier molecular flexibility index (Phi) is 4.96. The van der Waals surface area contributed by atoms with Crippen molar-refractivity contribution in [3.05, 3.63) is 29.8 Å². The van der Waals surface area contributed by atoms with Gasteiger partial charge in [-0.05, 0) is 43.9 Å². The Morgan fingerprint density at radius 1 is 1.38 bits per heavy atom. The Hall–Kier alpha value is -1.88. The number of hydrogen-bond acceptors (Lipinski definition) is 3. The minimum absolute atomic E-state index is 0.00229. The lowest BCUT2D eigenvalue weighted by atomic mass is 10.1. The van der Waals surface area contributed by atoms with E-state index in [2.05, 4.69) is 10.6 Å². The Morgan fingerprint density at radius 3 is 2.67 bits per heavy atom. The van der Waals surface area contributed by atoms with Crippen molar-refractivity contribution in [1.29, 1.82) is 0 Å². The van der Waals surface area contributed by atoms with Crippen molar-refractivity contribution in [2.75, 3.05) is 5.32 Å². The molecule has 1 aromatic carbocycles. The number of hydrogen-bond donors (Lipinski definition) is 3. The molecule has 2 rings (SSSR count). The van der Waals surface area contributed by atoms with Crippen LogP contribution < -0.4 is 10.6 Å². The van der Waals surface area contributed by atoms with E-state index in [9.17, 15) is 14.7 Å². The van der Waals surface area contributed by atoms with Crippen molar-refractivity contribution < 1.29 is 14.7 Å². The zero-order valence-electron chi connectivity index (χ0n) is 12.4. The first-order valence-corrected chi connectivity index (χ1v) is 7.39. The van der Waals surface area contributed by atoms with Crippen LogP contribution in [0.15, 0.2) is 24.3 Å². The monoisotopic (exact) mass is 290 g/mol. The van der Waals surface area contributed by atoms with Gasteiger partial charge in [0.2, 0.25) is 11.8 Å². The van der Waals surface area contributed by atoms with Crippen LogP contribution in [0.25, 0.3) is 0 Å². The molecule has 1 aliphatic rings. The molecule has 0 aromatic heterocycles. The van der Waals surface area contributed by atoms with Crippen LogP contribution in [0.5, 0.6) is 0 Å². The number of carbonyl (C=O) groups excluding carboxylic acids is 2. The fourth-order valence-corrected chi connectivity index (χ4v) is 2.11. The lowest BCUT2D eigenvalue weighted by Crippen LogP contribution is -2.50. The smallest absolute Gasteiger partial charge is 0.249 e. The van der Waals surface area contributed by atoms with Crippen LogP contribution in [0.2, 0.25) is 0 Å². The molecule has 1 aliphatic carbocycles. The summed E-state index contributed by atoms with van der Waals surface area (Å²) in [6, 6.07) is 6.60. The molecule has 0 bridgehead atoms. The zero-order chi connectivity index (χ0) is 15.4. The molecule has 1 saturated carbocycles. The first-order chi connectivity index (χ1) is 10.0. The van der Waals surface area contributed by atoms with Gasteiger partial charge >= 0.3 is 0 Å². The van der Waals surface area contributed by atoms with Crippen LogP contribution in [-0.4, -0.2) is 29.1 Å². The van der Waals surface area contributed by atoms with Crippen molar-refractivity contribution >= 4 is 17.5 Å². The molecule has 5 nitrogen and oxygen atoms in total. The van der Waals surface area contributed by atoms with Crippen molar-refractivity contribution in [2.24, 2.45) is 5.92 Å². The normalized spacial score (nSPS) is 16.9. The molecule has 5 heteroatoms. The summed E-state index contributed by atoms with van der Waals surface area (Å²) in [5, 5.41) is 15.1. The Labute approximate surface area is 124 Å². The van der Waals surface area contributed by atoms with E-state index in [1.54, 1.807) is 6.07 Å². The predicted molar refractivity (Wildman–Crippen MR) is 80.8 cm³/mol. The van der Waals surface area contributed by atoms with E-state index in [1.807, 2.05) is 25.1 Å². The average molecular weight is 290 g/mol. The highest BCUT2D eigenvalue weighted by molar-refractivity contribution is 5.98. The summed E-state index contributed by atoms with van der Waals surface area (Å²) in [4.78, 5) is 24.0. The molecule has 3 N–H and O–H groups in total. The standard InChI is InChI=1S/C16H22N2O3/c1-3-11-5-4-6-13(9-11)17-16(21)14(10(2)19)18-15(20)12-7-8-12/h4-6,9-10,12,14,19H,3,7-8H2,1-2H3,(H,17,21)(H,18,20). The third-order valence-electron chi connectivity index (χ3n) is 3.61. The summed E-state index contributed by atoms with van der Waals surface area (Å²) in [6.45, 7) is 3.54. The third kappa shape index (κ3) is 4.29. The lowest BCUT2D eigenvalue weighted by molar-refractivity contribution is -0.129. The molecule has 21 heavy (non-hydrogen) atoms. The van der Waals surface area contributed by atoms with Gasteiger partial charge in [-0.2, -0.15) is 0 Å². The van der Waals surface area contributed by atoms with Gasteiger partial charge in [-0.3, -0.25) is 9.59 Å². The molecule has 0 radical (unpaired) electrons. The highest BCUT2D eigenvalue weighted by Crippen LogP contribution is 2.29. The van der Waals surface area contributed by atoms with E-state index >= 15 is 0 Å². The van der Waals surface area contributed by atoms with E-state index in [-0.39, 0.29) is 11.8 Å². The molecule has 2 amide bonds. The van der Waals surface area contributed by atoms with E-state index in [4.69, 9.17) is 0 Å². The van der Waals surface area contributed by atoms with Crippen LogP contribution in [-0.2, 0) is 16.0 Å². The van der Waals surface area contributed by atoms with E-state index in [0.717, 1.165) is 24.8 Å². The fraction of sp³-hybridized carbons (Fsp3) is 0.500. The van der Waals surface area contributed by atoms with Crippen LogP contribution in [0.1, 0.15) is 32.3 Å². The van der Waals surface area contributed by atoms with Gasteiger partial charge in [-0.25, -0.2) is 0 Å². The minimum atomic E-state index is -0.943. The number of anilines is 1. The Bertz CT molecular complexity index is 524. The molecule has 0 aliphatic heterocycles. The van der Waals surface area contributed by atoms with Gasteiger partial charge in [0.1, 0.15) is 6.04 Å². The van der Waals surface area contributed by atoms with Gasteiger partial charge in [0.15, 0.2) is 0 Å². The van der Waals surface area contributed by atoms with Crippen molar-refractivity contribution in [2.45, 2.75) is 45.3 Å². The molecule has 0 spiro atoms. The average Bonchev–Trinajstić information content (AvgIpc) is 3.28. The SMILES string of the molecule is CCc1cccc(NC(=O)C(NC(=O)C2CC2)C(C)O)c1. The lowest BCUT2D eigenvalue weighted by Gasteiger charge is -2.21. The molecule has 114 valence electrons. The van der Waals surface area contributed by atoms with Crippen LogP contribution in [0, 0.1) is 5.92 Å². The van der Waals surface area contributed by atoms with Gasteiger partial charge in [0.25, 0.3) is 0 Å². The maximum absolute atomic E-state index is 12.2. The molecule has 0 heterocycles. The number of aliphatic hydroxyl groups excluding tert-OH is 1. The number of rotatable bonds is 6. The van der Waals surface area contributed by atoms with Gasteiger partial charge in [-0.15, -0.1) is 0 Å². The van der Waals surface area contributed by atoms with E-state index in [0.29, 0.717) is 5.69 Å². The number of amides is 2. The number of aliphatic hydroxyl groups is 1. The molecule has 1 fully saturated rings. The van der Waals surface area contributed by atoms with Crippen LogP contribution in [0.3, 0.4) is 0 Å². The first kappa shape index (κ1) is 15.5. The number of aryl methyl sites for hydroxylation is 1. The minimum Gasteiger partial charge on any atom is -0.391 e. The highest BCUT2D eigenvalue weighted by Gasteiger charge is 2.34. The maximum Gasteiger partial charge on any atom is 0.249 e. The number of benzene rings is 1. The molecule has 0 saturated heterocycles. The first-order valence-electron chi connectivity index (χ1n) is 7.39. The fourth-order valence-electron chi connectivity index (χ4n) is 2.11. The second kappa shape index (κ2) is 6.72. The second-order valence-electron chi connectivity index (χ2n) is 5.54. The Balaban J connectivity index is 2.01. The topological polar surface area (TPSA) is 78.4 Å². The summed E-state index contributed by atoms with van der Waals surface area (Å²) in [5.41, 5.74) is 1.79. The quantitative estimate of drug-likeness (QED) is 0.742. The van der Waals surface area contributed by atoms with Crippen molar-refractivity contribution in [3.8, 4) is 0 Å². The summed E-state index contributed by atoms with van der Waals surface area (Å²) >= 11 is 0. The molecule has 2 atom stereocenters. The largest absolute Gasteiger partial charge is 0.391 e. The highest BCUT2D eigenvalue weighted by atomic mass is 16.3. The van der Waals surface area contributed by atoms with Crippen molar-refractivity contribution in [1.82, 2.24) is 5.32 Å². The van der Waals surface area contributed by atoms with Crippen molar-refractivity contribution in [3.63, 3.8) is 0 Å². The summed E-state index contributed by atoms with van der Waals surface area (Å²) < 4.78 is 0.